The van der Waals surface area contributed by atoms with Crippen molar-refractivity contribution in [1.29, 1.82) is 0 Å². The van der Waals surface area contributed by atoms with Crippen LogP contribution >= 0.6 is 0 Å². The molecule has 0 spiro atoms. The Balaban J connectivity index is 2.61. The van der Waals surface area contributed by atoms with Gasteiger partial charge in [-0.15, -0.1) is 0 Å². The highest BCUT2D eigenvalue weighted by molar-refractivity contribution is 4.92. The molecule has 0 saturated carbocycles. The maximum absolute atomic E-state index is 6.00. The number of nitrogens with zero attached hydrogens (tertiary/aromatic N) is 2. The summed E-state index contributed by atoms with van der Waals surface area (Å²) in [5, 5.41) is 0. The third kappa shape index (κ3) is 3.21. The van der Waals surface area contributed by atoms with E-state index in [0.717, 1.165) is 19.1 Å². The minimum Gasteiger partial charge on any atom is -0.329 e. The van der Waals surface area contributed by atoms with E-state index in [1.54, 1.807) is 0 Å². The van der Waals surface area contributed by atoms with Crippen molar-refractivity contribution in [2.75, 3.05) is 33.2 Å². The molecule has 17 heavy (non-hydrogen) atoms. The molecule has 3 heteroatoms. The van der Waals surface area contributed by atoms with E-state index in [0.29, 0.717) is 5.92 Å². The zero-order valence-corrected chi connectivity index (χ0v) is 12.4. The van der Waals surface area contributed by atoms with Crippen LogP contribution in [-0.2, 0) is 0 Å². The second kappa shape index (κ2) is 6.17. The van der Waals surface area contributed by atoms with E-state index in [1.807, 2.05) is 0 Å². The smallest absolute Gasteiger partial charge is 0.0324 e. The van der Waals surface area contributed by atoms with E-state index in [4.69, 9.17) is 5.73 Å². The van der Waals surface area contributed by atoms with Gasteiger partial charge in [0, 0.05) is 24.7 Å². The molecule has 2 atom stereocenters. The first-order valence-corrected chi connectivity index (χ1v) is 7.11. The van der Waals surface area contributed by atoms with Crippen LogP contribution in [0, 0.1) is 5.92 Å². The molecule has 102 valence electrons. The molecule has 0 aromatic rings. The van der Waals surface area contributed by atoms with E-state index < -0.39 is 0 Å². The lowest BCUT2D eigenvalue weighted by atomic mass is 9.86. The predicted molar refractivity (Wildman–Crippen MR) is 75.2 cm³/mol. The zero-order valence-electron chi connectivity index (χ0n) is 12.4. The van der Waals surface area contributed by atoms with Crippen molar-refractivity contribution in [1.82, 2.24) is 9.80 Å². The van der Waals surface area contributed by atoms with Crippen molar-refractivity contribution in [2.45, 2.75) is 52.1 Å². The Bertz CT molecular complexity index is 230. The molecule has 0 aromatic carbocycles. The summed E-state index contributed by atoms with van der Waals surface area (Å²) in [7, 11) is 2.24. The maximum Gasteiger partial charge on any atom is 0.0324 e. The fourth-order valence-electron chi connectivity index (χ4n) is 2.88. The van der Waals surface area contributed by atoms with Crippen LogP contribution in [0.25, 0.3) is 0 Å². The lowest BCUT2D eigenvalue weighted by Gasteiger charge is -2.43. The minimum atomic E-state index is 0.127. The lowest BCUT2D eigenvalue weighted by molar-refractivity contribution is 0.0679. The molecule has 3 nitrogen and oxygen atoms in total. The third-order valence-corrected chi connectivity index (χ3v) is 4.92. The first-order valence-electron chi connectivity index (χ1n) is 7.11. The Morgan fingerprint density at radius 3 is 2.59 bits per heavy atom. The van der Waals surface area contributed by atoms with Gasteiger partial charge in [-0.2, -0.15) is 0 Å². The fourth-order valence-corrected chi connectivity index (χ4v) is 2.88. The minimum absolute atomic E-state index is 0.127. The van der Waals surface area contributed by atoms with E-state index in [1.165, 1.54) is 25.9 Å². The summed E-state index contributed by atoms with van der Waals surface area (Å²) in [5.41, 5.74) is 6.12. The maximum atomic E-state index is 6.00. The first kappa shape index (κ1) is 14.9. The molecular formula is C14H31N3. The molecule has 2 N–H and O–H groups in total. The highest BCUT2D eigenvalue weighted by Gasteiger charge is 2.34. The van der Waals surface area contributed by atoms with Crippen LogP contribution in [0.1, 0.15) is 40.5 Å². The Morgan fingerprint density at radius 2 is 2.12 bits per heavy atom. The van der Waals surface area contributed by atoms with Crippen molar-refractivity contribution >= 4 is 0 Å². The van der Waals surface area contributed by atoms with Crippen LogP contribution in [-0.4, -0.2) is 54.6 Å². The molecule has 1 saturated heterocycles. The van der Waals surface area contributed by atoms with E-state index in [-0.39, 0.29) is 5.54 Å². The SMILES string of the molecule is CCN1CCCC1CN(C)C(C)(CN)C(C)C. The standard InChI is InChI=1S/C14H31N3/c1-6-17-9-7-8-13(17)10-16(5)14(4,11-15)12(2)3/h12-13H,6-11,15H2,1-5H3. The Morgan fingerprint density at radius 1 is 1.47 bits per heavy atom. The van der Waals surface area contributed by atoms with Gasteiger partial charge in [0.05, 0.1) is 0 Å². The van der Waals surface area contributed by atoms with Gasteiger partial charge >= 0.3 is 0 Å². The molecule has 1 aliphatic heterocycles. The van der Waals surface area contributed by atoms with Crippen LogP contribution in [0.2, 0.25) is 0 Å². The molecule has 1 aliphatic rings. The molecule has 0 aromatic heterocycles. The number of nitrogens with two attached hydrogens (primary N) is 1. The monoisotopic (exact) mass is 241 g/mol. The number of hydrogen-bond acceptors (Lipinski definition) is 3. The van der Waals surface area contributed by atoms with Crippen molar-refractivity contribution in [3.05, 3.63) is 0 Å². The molecule has 2 unspecified atom stereocenters. The predicted octanol–water partition coefficient (Wildman–Crippen LogP) is 1.78. The topological polar surface area (TPSA) is 32.5 Å². The summed E-state index contributed by atoms with van der Waals surface area (Å²) in [6.45, 7) is 13.5. The van der Waals surface area contributed by atoms with Crippen LogP contribution in [0.3, 0.4) is 0 Å². The Labute approximate surface area is 107 Å². The number of rotatable bonds is 6. The van der Waals surface area contributed by atoms with Gasteiger partial charge in [-0.05, 0) is 45.8 Å². The van der Waals surface area contributed by atoms with Gasteiger partial charge in [-0.1, -0.05) is 20.8 Å². The van der Waals surface area contributed by atoms with Gasteiger partial charge in [0.15, 0.2) is 0 Å². The van der Waals surface area contributed by atoms with Crippen molar-refractivity contribution in [3.63, 3.8) is 0 Å². The summed E-state index contributed by atoms with van der Waals surface area (Å²) in [5.74, 6) is 0.592. The van der Waals surface area contributed by atoms with Crippen molar-refractivity contribution in [3.8, 4) is 0 Å². The lowest BCUT2D eigenvalue weighted by Crippen LogP contribution is -2.56. The second-order valence-electron chi connectivity index (χ2n) is 6.02. The molecule has 0 bridgehead atoms. The fraction of sp³-hybridized carbons (Fsp3) is 1.00. The molecule has 0 amide bonds. The van der Waals surface area contributed by atoms with Crippen molar-refractivity contribution in [2.24, 2.45) is 11.7 Å². The van der Waals surface area contributed by atoms with Crippen LogP contribution < -0.4 is 5.73 Å². The molecular weight excluding hydrogens is 210 g/mol. The second-order valence-corrected chi connectivity index (χ2v) is 6.02. The van der Waals surface area contributed by atoms with Gasteiger partial charge < -0.3 is 5.73 Å². The largest absolute Gasteiger partial charge is 0.329 e. The quantitative estimate of drug-likeness (QED) is 0.769. The Kier molecular flexibility index (Phi) is 5.42. The molecule has 0 aliphatic carbocycles. The van der Waals surface area contributed by atoms with E-state index in [9.17, 15) is 0 Å². The average molecular weight is 241 g/mol. The number of likely N-dealkylation sites (tertiary alicyclic amines) is 1. The highest BCUT2D eigenvalue weighted by atomic mass is 15.3. The van der Waals surface area contributed by atoms with E-state index in [2.05, 4.69) is 44.5 Å². The Hall–Kier alpha value is -0.120. The molecule has 1 rings (SSSR count). The van der Waals surface area contributed by atoms with Gasteiger partial charge in [-0.25, -0.2) is 0 Å². The average Bonchev–Trinajstić information content (AvgIpc) is 2.74. The summed E-state index contributed by atoms with van der Waals surface area (Å²) < 4.78 is 0. The summed E-state index contributed by atoms with van der Waals surface area (Å²) >= 11 is 0. The number of hydrogen-bond donors (Lipinski definition) is 1. The molecule has 0 radical (unpaired) electrons. The highest BCUT2D eigenvalue weighted by Crippen LogP contribution is 2.25. The summed E-state index contributed by atoms with van der Waals surface area (Å²) in [6, 6.07) is 0.731. The molecule has 1 heterocycles. The van der Waals surface area contributed by atoms with E-state index >= 15 is 0 Å². The van der Waals surface area contributed by atoms with Gasteiger partial charge in [0.25, 0.3) is 0 Å². The van der Waals surface area contributed by atoms with Crippen LogP contribution in [0.15, 0.2) is 0 Å². The molecule has 1 fully saturated rings. The van der Waals surface area contributed by atoms with Crippen molar-refractivity contribution < 1.29 is 0 Å². The number of likely N-dealkylation sites (N-methyl/N-ethyl adjacent to an activating group) is 2. The van der Waals surface area contributed by atoms with Gasteiger partial charge in [-0.3, -0.25) is 9.80 Å². The van der Waals surface area contributed by atoms with Crippen LogP contribution in [0.4, 0.5) is 0 Å². The summed E-state index contributed by atoms with van der Waals surface area (Å²) in [6.07, 6.45) is 2.70. The van der Waals surface area contributed by atoms with Gasteiger partial charge in [0.2, 0.25) is 0 Å². The normalized spacial score (nSPS) is 25.8. The zero-order chi connectivity index (χ0) is 13.1. The third-order valence-electron chi connectivity index (χ3n) is 4.92. The van der Waals surface area contributed by atoms with Gasteiger partial charge in [0.1, 0.15) is 0 Å². The summed E-state index contributed by atoms with van der Waals surface area (Å²) in [4.78, 5) is 5.09. The first-order chi connectivity index (χ1) is 7.95. The van der Waals surface area contributed by atoms with Crippen LogP contribution in [0.5, 0.6) is 0 Å².